The molecule has 4 nitrogen and oxygen atoms in total. The number of hydrogen-bond acceptors (Lipinski definition) is 3. The normalized spacial score (nSPS) is 17.9. The molecule has 0 radical (unpaired) electrons. The molecule has 16 heavy (non-hydrogen) atoms. The zero-order valence-corrected chi connectivity index (χ0v) is 10.0. The largest absolute Gasteiger partial charge is 0.390 e. The van der Waals surface area contributed by atoms with Crippen molar-refractivity contribution in [1.29, 1.82) is 0 Å². The van der Waals surface area contributed by atoms with Crippen molar-refractivity contribution in [3.05, 3.63) is 11.4 Å². The molecular weight excluding hydrogens is 202 g/mol. The van der Waals surface area contributed by atoms with Crippen LogP contribution in [-0.4, -0.2) is 20.1 Å². The summed E-state index contributed by atoms with van der Waals surface area (Å²) in [6, 6.07) is 0.517. The zero-order valence-electron chi connectivity index (χ0n) is 10.0. The highest BCUT2D eigenvalue weighted by molar-refractivity contribution is 5.10. The lowest BCUT2D eigenvalue weighted by molar-refractivity contribution is 0.274. The fourth-order valence-electron chi connectivity index (χ4n) is 2.58. The van der Waals surface area contributed by atoms with Crippen molar-refractivity contribution in [1.82, 2.24) is 15.0 Å². The molecule has 1 fully saturated rings. The van der Waals surface area contributed by atoms with Crippen molar-refractivity contribution in [2.45, 2.75) is 64.5 Å². The predicted octanol–water partition coefficient (Wildman–Crippen LogP) is 2.23. The molecule has 0 saturated heterocycles. The topological polar surface area (TPSA) is 50.9 Å². The Hall–Kier alpha value is -0.900. The summed E-state index contributed by atoms with van der Waals surface area (Å²) in [4.78, 5) is 0. The molecule has 1 aliphatic carbocycles. The monoisotopic (exact) mass is 223 g/mol. The first-order chi connectivity index (χ1) is 7.86. The van der Waals surface area contributed by atoms with E-state index in [-0.39, 0.29) is 6.61 Å². The van der Waals surface area contributed by atoms with Gasteiger partial charge in [-0.2, -0.15) is 0 Å². The Bertz CT molecular complexity index is 329. The van der Waals surface area contributed by atoms with E-state index in [1.54, 1.807) is 0 Å². The molecule has 1 N–H and O–H groups in total. The minimum absolute atomic E-state index is 0.0159. The molecule has 1 aliphatic rings. The molecule has 90 valence electrons. The first-order valence-corrected chi connectivity index (χ1v) is 6.40. The first kappa shape index (κ1) is 11.6. The van der Waals surface area contributed by atoms with Crippen LogP contribution in [-0.2, 0) is 13.0 Å². The maximum absolute atomic E-state index is 9.24. The lowest BCUT2D eigenvalue weighted by Crippen LogP contribution is -2.17. The SMILES string of the molecule is CCCc1c(CO)nnn1C1CCCCC1. The summed E-state index contributed by atoms with van der Waals surface area (Å²) in [5.41, 5.74) is 1.92. The summed E-state index contributed by atoms with van der Waals surface area (Å²) in [7, 11) is 0. The quantitative estimate of drug-likeness (QED) is 0.851. The lowest BCUT2D eigenvalue weighted by Gasteiger charge is -2.23. The maximum Gasteiger partial charge on any atom is 0.111 e. The molecule has 1 aromatic rings. The molecule has 0 bridgehead atoms. The van der Waals surface area contributed by atoms with E-state index in [4.69, 9.17) is 0 Å². The van der Waals surface area contributed by atoms with Crippen LogP contribution in [0.4, 0.5) is 0 Å². The number of aliphatic hydroxyl groups is 1. The van der Waals surface area contributed by atoms with E-state index in [1.165, 1.54) is 32.1 Å². The molecule has 0 spiro atoms. The number of aromatic nitrogens is 3. The summed E-state index contributed by atoms with van der Waals surface area (Å²) in [5, 5.41) is 17.6. The molecule has 4 heteroatoms. The number of nitrogens with zero attached hydrogens (tertiary/aromatic N) is 3. The van der Waals surface area contributed by atoms with Crippen LogP contribution in [0.3, 0.4) is 0 Å². The minimum atomic E-state index is 0.0159. The van der Waals surface area contributed by atoms with E-state index in [0.717, 1.165) is 24.2 Å². The average Bonchev–Trinajstić information content (AvgIpc) is 2.74. The molecule has 0 aromatic carbocycles. The van der Waals surface area contributed by atoms with E-state index in [0.29, 0.717) is 6.04 Å². The third-order valence-corrected chi connectivity index (χ3v) is 3.43. The predicted molar refractivity (Wildman–Crippen MR) is 62.1 cm³/mol. The van der Waals surface area contributed by atoms with Crippen LogP contribution < -0.4 is 0 Å². The summed E-state index contributed by atoms with van der Waals surface area (Å²) in [5.74, 6) is 0. The van der Waals surface area contributed by atoms with Gasteiger partial charge >= 0.3 is 0 Å². The Morgan fingerprint density at radius 3 is 2.69 bits per heavy atom. The van der Waals surface area contributed by atoms with Gasteiger partial charge in [0.2, 0.25) is 0 Å². The van der Waals surface area contributed by atoms with Gasteiger partial charge in [-0.1, -0.05) is 37.8 Å². The van der Waals surface area contributed by atoms with E-state index in [1.807, 2.05) is 0 Å². The molecule has 0 aliphatic heterocycles. The van der Waals surface area contributed by atoms with Crippen LogP contribution in [0.2, 0.25) is 0 Å². The molecule has 1 heterocycles. The van der Waals surface area contributed by atoms with Crippen molar-refractivity contribution in [3.63, 3.8) is 0 Å². The number of aliphatic hydroxyl groups excluding tert-OH is 1. The van der Waals surface area contributed by atoms with Crippen molar-refractivity contribution < 1.29 is 5.11 Å². The van der Waals surface area contributed by atoms with Crippen LogP contribution >= 0.6 is 0 Å². The Morgan fingerprint density at radius 1 is 1.31 bits per heavy atom. The van der Waals surface area contributed by atoms with Gasteiger partial charge in [-0.15, -0.1) is 5.10 Å². The standard InChI is InChI=1S/C12H21N3O/c1-2-6-12-11(9-16)13-14-15(12)10-7-4-3-5-8-10/h10,16H,2-9H2,1H3. The Labute approximate surface area is 96.7 Å². The van der Waals surface area contributed by atoms with Gasteiger partial charge in [-0.3, -0.25) is 0 Å². The summed E-state index contributed by atoms with van der Waals surface area (Å²) in [6.45, 7) is 2.17. The van der Waals surface area contributed by atoms with Crippen molar-refractivity contribution in [3.8, 4) is 0 Å². The minimum Gasteiger partial charge on any atom is -0.390 e. The van der Waals surface area contributed by atoms with E-state index in [9.17, 15) is 5.11 Å². The second kappa shape index (κ2) is 5.43. The van der Waals surface area contributed by atoms with Gasteiger partial charge in [0.25, 0.3) is 0 Å². The van der Waals surface area contributed by atoms with E-state index in [2.05, 4.69) is 21.9 Å². The van der Waals surface area contributed by atoms with Crippen molar-refractivity contribution in [2.75, 3.05) is 0 Å². The summed E-state index contributed by atoms with van der Waals surface area (Å²) in [6.07, 6.45) is 8.42. The van der Waals surface area contributed by atoms with Gasteiger partial charge in [0, 0.05) is 0 Å². The molecular formula is C12H21N3O. The van der Waals surface area contributed by atoms with Gasteiger partial charge in [0.1, 0.15) is 5.69 Å². The van der Waals surface area contributed by atoms with Gasteiger partial charge in [0.15, 0.2) is 0 Å². The molecule has 1 aromatic heterocycles. The van der Waals surface area contributed by atoms with Crippen LogP contribution in [0.1, 0.15) is 62.9 Å². The van der Waals surface area contributed by atoms with Crippen molar-refractivity contribution >= 4 is 0 Å². The highest BCUT2D eigenvalue weighted by Crippen LogP contribution is 2.29. The second-order valence-electron chi connectivity index (χ2n) is 4.63. The fraction of sp³-hybridized carbons (Fsp3) is 0.833. The Morgan fingerprint density at radius 2 is 2.06 bits per heavy atom. The lowest BCUT2D eigenvalue weighted by atomic mass is 9.95. The van der Waals surface area contributed by atoms with Gasteiger partial charge < -0.3 is 5.11 Å². The maximum atomic E-state index is 9.24. The smallest absolute Gasteiger partial charge is 0.111 e. The van der Waals surface area contributed by atoms with E-state index >= 15 is 0 Å². The Balaban J connectivity index is 2.20. The Kier molecular flexibility index (Phi) is 3.93. The third-order valence-electron chi connectivity index (χ3n) is 3.43. The second-order valence-corrected chi connectivity index (χ2v) is 4.63. The summed E-state index contributed by atoms with van der Waals surface area (Å²) >= 11 is 0. The third kappa shape index (κ3) is 2.26. The van der Waals surface area contributed by atoms with Gasteiger partial charge in [0.05, 0.1) is 18.3 Å². The molecule has 0 atom stereocenters. The highest BCUT2D eigenvalue weighted by atomic mass is 16.3. The molecule has 0 unspecified atom stereocenters. The highest BCUT2D eigenvalue weighted by Gasteiger charge is 2.21. The zero-order chi connectivity index (χ0) is 11.4. The molecule has 0 amide bonds. The number of hydrogen-bond donors (Lipinski definition) is 1. The summed E-state index contributed by atoms with van der Waals surface area (Å²) < 4.78 is 2.08. The molecule has 1 saturated carbocycles. The van der Waals surface area contributed by atoms with Crippen molar-refractivity contribution in [2.24, 2.45) is 0 Å². The van der Waals surface area contributed by atoms with Crippen LogP contribution in [0, 0.1) is 0 Å². The van der Waals surface area contributed by atoms with Gasteiger partial charge in [-0.25, -0.2) is 4.68 Å². The van der Waals surface area contributed by atoms with Gasteiger partial charge in [-0.05, 0) is 19.3 Å². The first-order valence-electron chi connectivity index (χ1n) is 6.40. The van der Waals surface area contributed by atoms with Crippen LogP contribution in [0.5, 0.6) is 0 Å². The molecule has 2 rings (SSSR count). The van der Waals surface area contributed by atoms with E-state index < -0.39 is 0 Å². The average molecular weight is 223 g/mol. The fourth-order valence-corrected chi connectivity index (χ4v) is 2.58. The number of rotatable bonds is 4. The van der Waals surface area contributed by atoms with Crippen LogP contribution in [0.25, 0.3) is 0 Å². The van der Waals surface area contributed by atoms with Crippen LogP contribution in [0.15, 0.2) is 0 Å².